The molecule has 0 bridgehead atoms. The molecule has 0 saturated carbocycles. The summed E-state index contributed by atoms with van der Waals surface area (Å²) >= 11 is 0. The zero-order valence-corrected chi connectivity index (χ0v) is 17.5. The number of carbonyl (C=O) groups excluding carboxylic acids is 1. The highest BCUT2D eigenvalue weighted by Gasteiger charge is 2.30. The first-order valence-electron chi connectivity index (χ1n) is 10.2. The lowest BCUT2D eigenvalue weighted by molar-refractivity contribution is 0.0699. The van der Waals surface area contributed by atoms with E-state index in [-0.39, 0.29) is 5.91 Å². The summed E-state index contributed by atoms with van der Waals surface area (Å²) in [7, 11) is 0. The van der Waals surface area contributed by atoms with Gasteiger partial charge in [-0.25, -0.2) is 9.61 Å². The van der Waals surface area contributed by atoms with Crippen LogP contribution in [0, 0.1) is 19.8 Å². The van der Waals surface area contributed by atoms with E-state index in [1.807, 2.05) is 11.0 Å². The summed E-state index contributed by atoms with van der Waals surface area (Å²) in [5.74, 6) is 1.46. The highest BCUT2D eigenvalue weighted by molar-refractivity contribution is 5.93. The number of aromatic nitrogens is 4. The molecular formula is C22H27N5O2. The second kappa shape index (κ2) is 7.81. The number of fused-ring (bicyclic) bond motifs is 1. The average Bonchev–Trinajstić information content (AvgIpc) is 3.29. The lowest BCUT2D eigenvalue weighted by Crippen LogP contribution is -2.39. The van der Waals surface area contributed by atoms with Crippen LogP contribution in [0.25, 0.3) is 11.4 Å². The molecule has 0 fully saturated rings. The van der Waals surface area contributed by atoms with Gasteiger partial charge < -0.3 is 9.47 Å². The van der Waals surface area contributed by atoms with Gasteiger partial charge >= 0.3 is 0 Å². The van der Waals surface area contributed by atoms with Crippen molar-refractivity contribution in [1.82, 2.24) is 24.8 Å². The highest BCUT2D eigenvalue weighted by Crippen LogP contribution is 2.30. The molecule has 0 saturated heterocycles. The van der Waals surface area contributed by atoms with E-state index in [4.69, 9.17) is 9.61 Å². The molecule has 29 heavy (non-hydrogen) atoms. The highest BCUT2D eigenvalue weighted by atomic mass is 16.6. The summed E-state index contributed by atoms with van der Waals surface area (Å²) in [5, 5.41) is 7.54. The van der Waals surface area contributed by atoms with Crippen molar-refractivity contribution in [1.29, 1.82) is 0 Å². The number of aryl methyl sites for hydroxylation is 3. The summed E-state index contributed by atoms with van der Waals surface area (Å²) in [5.41, 5.74) is 5.39. The number of amides is 1. The fraction of sp³-hybridized carbons (Fsp3) is 0.455. The maximum Gasteiger partial charge on any atom is 0.278 e. The number of hydrogen-bond donors (Lipinski definition) is 0. The molecule has 1 amide bonds. The number of benzene rings is 1. The molecule has 0 unspecified atom stereocenters. The van der Waals surface area contributed by atoms with Crippen molar-refractivity contribution in [3.63, 3.8) is 0 Å². The third-order valence-corrected chi connectivity index (χ3v) is 5.58. The quantitative estimate of drug-likeness (QED) is 0.659. The monoisotopic (exact) mass is 393 g/mol. The van der Waals surface area contributed by atoms with Gasteiger partial charge in [0.15, 0.2) is 5.69 Å². The molecule has 152 valence electrons. The second-order valence-corrected chi connectivity index (χ2v) is 8.15. The van der Waals surface area contributed by atoms with E-state index in [2.05, 4.69) is 53.9 Å². The zero-order valence-electron chi connectivity index (χ0n) is 17.5. The standard InChI is InChI=1S/C22H27N5O2/c1-14(2)9-10-18-19-13-26(22(28)20-16(4)24-29-25-20)11-12-27(19)21(23-18)17-8-6-5-7-15(17)3/h5-8,14H,9-13H2,1-4H3. The third kappa shape index (κ3) is 3.69. The van der Waals surface area contributed by atoms with Gasteiger partial charge in [-0.05, 0) is 43.3 Å². The van der Waals surface area contributed by atoms with Gasteiger partial charge in [-0.15, -0.1) is 0 Å². The number of imidazole rings is 1. The maximum absolute atomic E-state index is 12.9. The predicted molar refractivity (Wildman–Crippen MR) is 109 cm³/mol. The van der Waals surface area contributed by atoms with Crippen molar-refractivity contribution in [2.24, 2.45) is 5.92 Å². The van der Waals surface area contributed by atoms with Gasteiger partial charge in [0.25, 0.3) is 5.91 Å². The Kier molecular flexibility index (Phi) is 5.22. The van der Waals surface area contributed by atoms with Gasteiger partial charge in [-0.3, -0.25) is 4.79 Å². The minimum absolute atomic E-state index is 0.136. The Morgan fingerprint density at radius 1 is 1.17 bits per heavy atom. The summed E-state index contributed by atoms with van der Waals surface area (Å²) in [6.07, 6.45) is 1.98. The smallest absolute Gasteiger partial charge is 0.278 e. The second-order valence-electron chi connectivity index (χ2n) is 8.15. The van der Waals surface area contributed by atoms with Crippen molar-refractivity contribution < 1.29 is 9.42 Å². The number of rotatable bonds is 5. The summed E-state index contributed by atoms with van der Waals surface area (Å²) in [4.78, 5) is 19.8. The van der Waals surface area contributed by atoms with Crippen LogP contribution >= 0.6 is 0 Å². The molecule has 1 aromatic carbocycles. The van der Waals surface area contributed by atoms with Crippen molar-refractivity contribution in [2.45, 2.75) is 53.6 Å². The van der Waals surface area contributed by atoms with Crippen molar-refractivity contribution in [3.8, 4) is 11.4 Å². The largest absolute Gasteiger partial charge is 0.329 e. The van der Waals surface area contributed by atoms with Gasteiger partial charge in [-0.2, -0.15) is 0 Å². The molecule has 4 rings (SSSR count). The number of carbonyl (C=O) groups is 1. The maximum atomic E-state index is 12.9. The van der Waals surface area contributed by atoms with E-state index >= 15 is 0 Å². The molecule has 7 nitrogen and oxygen atoms in total. The molecule has 3 heterocycles. The number of hydrogen-bond acceptors (Lipinski definition) is 5. The first-order chi connectivity index (χ1) is 14.0. The molecule has 2 aromatic heterocycles. The molecule has 1 aliphatic rings. The SMILES string of the molecule is Cc1ccccc1-c1nc(CCC(C)C)c2n1CCN(C(=O)c1nonc1C)C2. The van der Waals surface area contributed by atoms with Crippen LogP contribution < -0.4 is 0 Å². The van der Waals surface area contributed by atoms with Crippen LogP contribution in [0.4, 0.5) is 0 Å². The lowest BCUT2D eigenvalue weighted by atomic mass is 10.0. The summed E-state index contributed by atoms with van der Waals surface area (Å²) in [6.45, 7) is 10.1. The fourth-order valence-electron chi connectivity index (χ4n) is 3.84. The van der Waals surface area contributed by atoms with Gasteiger partial charge in [0, 0.05) is 18.7 Å². The normalized spacial score (nSPS) is 13.8. The van der Waals surface area contributed by atoms with Crippen molar-refractivity contribution in [2.75, 3.05) is 6.54 Å². The first kappa shape index (κ1) is 19.4. The summed E-state index contributed by atoms with van der Waals surface area (Å²) in [6, 6.07) is 8.34. The Hall–Kier alpha value is -2.96. The lowest BCUT2D eigenvalue weighted by Gasteiger charge is -2.29. The molecule has 1 aliphatic heterocycles. The van der Waals surface area contributed by atoms with Crippen LogP contribution in [0.15, 0.2) is 28.9 Å². The van der Waals surface area contributed by atoms with Gasteiger partial charge in [0.1, 0.15) is 11.5 Å². The third-order valence-electron chi connectivity index (χ3n) is 5.58. The molecule has 0 aliphatic carbocycles. The summed E-state index contributed by atoms with van der Waals surface area (Å²) < 4.78 is 7.01. The Balaban J connectivity index is 1.71. The Morgan fingerprint density at radius 3 is 2.66 bits per heavy atom. The van der Waals surface area contributed by atoms with Crippen LogP contribution in [-0.4, -0.2) is 37.2 Å². The molecule has 7 heteroatoms. The van der Waals surface area contributed by atoms with Crippen molar-refractivity contribution >= 4 is 5.91 Å². The topological polar surface area (TPSA) is 77.0 Å². The molecule has 0 atom stereocenters. The first-order valence-corrected chi connectivity index (χ1v) is 10.2. The molecule has 0 N–H and O–H groups in total. The minimum Gasteiger partial charge on any atom is -0.329 e. The molecular weight excluding hydrogens is 366 g/mol. The van der Waals surface area contributed by atoms with E-state index in [9.17, 15) is 4.79 Å². The van der Waals surface area contributed by atoms with Gasteiger partial charge in [0.2, 0.25) is 0 Å². The molecule has 0 spiro atoms. The Morgan fingerprint density at radius 2 is 1.97 bits per heavy atom. The van der Waals surface area contributed by atoms with Crippen molar-refractivity contribution in [3.05, 3.63) is 52.6 Å². The number of nitrogens with zero attached hydrogens (tertiary/aromatic N) is 5. The van der Waals surface area contributed by atoms with Gasteiger partial charge in [-0.1, -0.05) is 43.3 Å². The zero-order chi connectivity index (χ0) is 20.5. The van der Waals surface area contributed by atoms with E-state index in [0.29, 0.717) is 36.9 Å². The van der Waals surface area contributed by atoms with Gasteiger partial charge in [0.05, 0.1) is 17.9 Å². The predicted octanol–water partition coefficient (Wildman–Crippen LogP) is 3.79. The van der Waals surface area contributed by atoms with E-state index in [1.165, 1.54) is 5.56 Å². The van der Waals surface area contributed by atoms with E-state index in [0.717, 1.165) is 35.6 Å². The van der Waals surface area contributed by atoms with E-state index < -0.39 is 0 Å². The van der Waals surface area contributed by atoms with Crippen LogP contribution in [0.2, 0.25) is 0 Å². The van der Waals surface area contributed by atoms with Crippen LogP contribution in [0.3, 0.4) is 0 Å². The fourth-order valence-corrected chi connectivity index (χ4v) is 3.84. The average molecular weight is 393 g/mol. The molecule has 0 radical (unpaired) electrons. The minimum atomic E-state index is -0.136. The van der Waals surface area contributed by atoms with Crippen LogP contribution in [0.1, 0.15) is 53.4 Å². The van der Waals surface area contributed by atoms with E-state index in [1.54, 1.807) is 6.92 Å². The van der Waals surface area contributed by atoms with Crippen LogP contribution in [0.5, 0.6) is 0 Å². The Bertz CT molecular complexity index is 1030. The Labute approximate surface area is 170 Å². The molecule has 3 aromatic rings. The van der Waals surface area contributed by atoms with Crippen LogP contribution in [-0.2, 0) is 19.5 Å².